The SMILES string of the molecule is Cc1ccccc1C(=O)n1c(=O)ccc2ccccc21. The van der Waals surface area contributed by atoms with Crippen molar-refractivity contribution in [1.82, 2.24) is 4.57 Å². The van der Waals surface area contributed by atoms with E-state index in [-0.39, 0.29) is 11.5 Å². The Balaban J connectivity index is 2.30. The fraction of sp³-hybridized carbons (Fsp3) is 0.0588. The molecule has 0 spiro atoms. The van der Waals surface area contributed by atoms with Gasteiger partial charge in [-0.2, -0.15) is 0 Å². The van der Waals surface area contributed by atoms with Gasteiger partial charge in [0.05, 0.1) is 5.52 Å². The molecular weight excluding hydrogens is 250 g/mol. The van der Waals surface area contributed by atoms with Crippen LogP contribution in [0.2, 0.25) is 0 Å². The Morgan fingerprint density at radius 1 is 0.900 bits per heavy atom. The average Bonchev–Trinajstić information content (AvgIpc) is 2.47. The third-order valence-corrected chi connectivity index (χ3v) is 3.38. The van der Waals surface area contributed by atoms with Crippen LogP contribution in [-0.4, -0.2) is 10.5 Å². The molecule has 0 aliphatic rings. The highest BCUT2D eigenvalue weighted by Gasteiger charge is 2.14. The van der Waals surface area contributed by atoms with Crippen molar-refractivity contribution in [2.24, 2.45) is 0 Å². The first-order valence-corrected chi connectivity index (χ1v) is 6.39. The summed E-state index contributed by atoms with van der Waals surface area (Å²) in [4.78, 5) is 24.8. The average molecular weight is 263 g/mol. The molecule has 0 unspecified atom stereocenters. The van der Waals surface area contributed by atoms with E-state index in [0.717, 1.165) is 10.9 Å². The number of pyridine rings is 1. The molecule has 0 bridgehead atoms. The van der Waals surface area contributed by atoms with Gasteiger partial charge in [0.25, 0.3) is 11.5 Å². The molecule has 3 aromatic rings. The number of aryl methyl sites for hydroxylation is 1. The van der Waals surface area contributed by atoms with E-state index >= 15 is 0 Å². The van der Waals surface area contributed by atoms with E-state index in [9.17, 15) is 9.59 Å². The third-order valence-electron chi connectivity index (χ3n) is 3.38. The molecule has 2 aromatic carbocycles. The second-order valence-corrected chi connectivity index (χ2v) is 4.69. The van der Waals surface area contributed by atoms with Crippen LogP contribution in [0.25, 0.3) is 10.9 Å². The van der Waals surface area contributed by atoms with E-state index in [2.05, 4.69) is 0 Å². The summed E-state index contributed by atoms with van der Waals surface area (Å²) in [5.74, 6) is -0.287. The van der Waals surface area contributed by atoms with Crippen molar-refractivity contribution in [2.75, 3.05) is 0 Å². The molecule has 1 aromatic heterocycles. The Labute approximate surface area is 116 Å². The number of para-hydroxylation sites is 1. The monoisotopic (exact) mass is 263 g/mol. The van der Waals surface area contributed by atoms with E-state index in [1.165, 1.54) is 10.6 Å². The summed E-state index contributed by atoms with van der Waals surface area (Å²) < 4.78 is 1.23. The minimum Gasteiger partial charge on any atom is -0.269 e. The molecule has 0 saturated carbocycles. The van der Waals surface area contributed by atoms with E-state index in [1.807, 2.05) is 37.3 Å². The van der Waals surface area contributed by atoms with Crippen LogP contribution in [0.4, 0.5) is 0 Å². The van der Waals surface area contributed by atoms with E-state index in [0.29, 0.717) is 11.1 Å². The molecule has 0 amide bonds. The van der Waals surface area contributed by atoms with Gasteiger partial charge in [-0.1, -0.05) is 36.4 Å². The maximum atomic E-state index is 12.7. The van der Waals surface area contributed by atoms with Crippen LogP contribution in [0, 0.1) is 6.92 Å². The number of nitrogens with zero attached hydrogens (tertiary/aromatic N) is 1. The molecule has 3 nitrogen and oxygen atoms in total. The van der Waals surface area contributed by atoms with Gasteiger partial charge in [-0.25, -0.2) is 4.57 Å². The van der Waals surface area contributed by atoms with Crippen LogP contribution in [0.3, 0.4) is 0 Å². The van der Waals surface area contributed by atoms with E-state index in [1.54, 1.807) is 24.3 Å². The number of hydrogen-bond donors (Lipinski definition) is 0. The quantitative estimate of drug-likeness (QED) is 0.677. The first kappa shape index (κ1) is 12.4. The van der Waals surface area contributed by atoms with Crippen molar-refractivity contribution >= 4 is 16.8 Å². The van der Waals surface area contributed by atoms with Crippen molar-refractivity contribution in [2.45, 2.75) is 6.92 Å². The van der Waals surface area contributed by atoms with Crippen LogP contribution >= 0.6 is 0 Å². The van der Waals surface area contributed by atoms with Crippen LogP contribution < -0.4 is 5.56 Å². The van der Waals surface area contributed by atoms with Gasteiger partial charge in [0.2, 0.25) is 0 Å². The van der Waals surface area contributed by atoms with Crippen molar-refractivity contribution in [1.29, 1.82) is 0 Å². The van der Waals surface area contributed by atoms with Crippen LogP contribution in [-0.2, 0) is 0 Å². The summed E-state index contributed by atoms with van der Waals surface area (Å²) in [6, 6.07) is 17.8. The predicted octanol–water partition coefficient (Wildman–Crippen LogP) is 3.00. The maximum absolute atomic E-state index is 12.7. The van der Waals surface area contributed by atoms with Gasteiger partial charge < -0.3 is 0 Å². The second-order valence-electron chi connectivity index (χ2n) is 4.69. The summed E-state index contributed by atoms with van der Waals surface area (Å²) >= 11 is 0. The minimum absolute atomic E-state index is 0.287. The lowest BCUT2D eigenvalue weighted by molar-refractivity contribution is 0.0960. The largest absolute Gasteiger partial charge is 0.269 e. The highest BCUT2D eigenvalue weighted by Crippen LogP contribution is 2.14. The summed E-state index contributed by atoms with van der Waals surface area (Å²) in [7, 11) is 0. The normalized spacial score (nSPS) is 10.7. The fourth-order valence-corrected chi connectivity index (χ4v) is 2.33. The summed E-state index contributed by atoms with van der Waals surface area (Å²) in [5.41, 5.74) is 1.73. The molecule has 3 heteroatoms. The highest BCUT2D eigenvalue weighted by molar-refractivity contribution is 6.02. The lowest BCUT2D eigenvalue weighted by atomic mass is 10.1. The van der Waals surface area contributed by atoms with Crippen LogP contribution in [0.15, 0.2) is 65.5 Å². The number of aromatic nitrogens is 1. The number of carbonyl (C=O) groups is 1. The van der Waals surface area contributed by atoms with Crippen LogP contribution in [0.1, 0.15) is 15.9 Å². The molecule has 0 aliphatic heterocycles. The van der Waals surface area contributed by atoms with Crippen LogP contribution in [0.5, 0.6) is 0 Å². The Morgan fingerprint density at radius 2 is 1.60 bits per heavy atom. The molecule has 3 rings (SSSR count). The van der Waals surface area contributed by atoms with Crippen molar-refractivity contribution in [3.05, 3.63) is 82.1 Å². The first-order valence-electron chi connectivity index (χ1n) is 6.39. The summed E-state index contributed by atoms with van der Waals surface area (Å²) in [6.45, 7) is 1.86. The predicted molar refractivity (Wildman–Crippen MR) is 79.1 cm³/mol. The van der Waals surface area contributed by atoms with Gasteiger partial charge in [-0.15, -0.1) is 0 Å². The molecule has 1 heterocycles. The first-order chi connectivity index (χ1) is 9.68. The van der Waals surface area contributed by atoms with Gasteiger partial charge in [-0.3, -0.25) is 9.59 Å². The lowest BCUT2D eigenvalue weighted by Gasteiger charge is -2.10. The summed E-state index contributed by atoms with van der Waals surface area (Å²) in [5, 5.41) is 0.869. The number of rotatable bonds is 1. The van der Waals surface area contributed by atoms with Gasteiger partial charge >= 0.3 is 0 Å². The summed E-state index contributed by atoms with van der Waals surface area (Å²) in [6.07, 6.45) is 0. The molecule has 0 fully saturated rings. The Bertz CT molecular complexity index is 862. The molecule has 0 saturated heterocycles. The van der Waals surface area contributed by atoms with Gasteiger partial charge in [-0.05, 0) is 36.1 Å². The Kier molecular flexibility index (Phi) is 2.95. The van der Waals surface area contributed by atoms with E-state index in [4.69, 9.17) is 0 Å². The van der Waals surface area contributed by atoms with Gasteiger partial charge in [0, 0.05) is 11.6 Å². The van der Waals surface area contributed by atoms with Crippen molar-refractivity contribution in [3.8, 4) is 0 Å². The molecule has 20 heavy (non-hydrogen) atoms. The molecule has 0 aliphatic carbocycles. The third kappa shape index (κ3) is 1.93. The molecular formula is C17H13NO2. The second kappa shape index (κ2) is 4.78. The Hall–Kier alpha value is -2.68. The zero-order chi connectivity index (χ0) is 14.1. The van der Waals surface area contributed by atoms with Crippen molar-refractivity contribution < 1.29 is 4.79 Å². The number of hydrogen-bond acceptors (Lipinski definition) is 2. The molecule has 0 atom stereocenters. The zero-order valence-electron chi connectivity index (χ0n) is 11.0. The standard InChI is InChI=1S/C17H13NO2/c1-12-6-2-4-8-14(12)17(20)18-15-9-5-3-7-13(15)10-11-16(18)19/h2-11H,1H3. The minimum atomic E-state index is -0.308. The molecule has 98 valence electrons. The number of fused-ring (bicyclic) bond motifs is 1. The van der Waals surface area contributed by atoms with E-state index < -0.39 is 0 Å². The molecule has 0 radical (unpaired) electrons. The van der Waals surface area contributed by atoms with Gasteiger partial charge in [0.1, 0.15) is 0 Å². The zero-order valence-corrected chi connectivity index (χ0v) is 11.0. The van der Waals surface area contributed by atoms with Gasteiger partial charge in [0.15, 0.2) is 0 Å². The topological polar surface area (TPSA) is 39.1 Å². The number of benzene rings is 2. The number of carbonyl (C=O) groups excluding carboxylic acids is 1. The van der Waals surface area contributed by atoms with Crippen molar-refractivity contribution in [3.63, 3.8) is 0 Å². The molecule has 0 N–H and O–H groups in total. The lowest BCUT2D eigenvalue weighted by Crippen LogP contribution is -2.27. The Morgan fingerprint density at radius 3 is 2.40 bits per heavy atom. The highest BCUT2D eigenvalue weighted by atomic mass is 16.2. The fourth-order valence-electron chi connectivity index (χ4n) is 2.33. The maximum Gasteiger partial charge on any atom is 0.265 e. The smallest absolute Gasteiger partial charge is 0.265 e.